The van der Waals surface area contributed by atoms with Crippen LogP contribution in [0.4, 0.5) is 5.69 Å². The van der Waals surface area contributed by atoms with E-state index >= 15 is 0 Å². The first kappa shape index (κ1) is 11.5. The Morgan fingerprint density at radius 2 is 1.85 bits per heavy atom. The maximum absolute atomic E-state index is 4.20. The first-order valence-electron chi connectivity index (χ1n) is 7.18. The van der Waals surface area contributed by atoms with Crippen molar-refractivity contribution in [2.24, 2.45) is 0 Å². The fourth-order valence-corrected chi connectivity index (χ4v) is 3.02. The Morgan fingerprint density at radius 3 is 2.65 bits per heavy atom. The standard InChI is InChI=1S/C17H17N3/c1-2-10-19(9-1)15-5-6-17-14(12-15)7-11-20(17)16-4-3-8-18-13-16/h3-8,11-13H,1-2,9-10H2. The lowest BCUT2D eigenvalue weighted by atomic mass is 10.2. The summed E-state index contributed by atoms with van der Waals surface area (Å²) in [6.07, 6.45) is 8.45. The molecule has 0 radical (unpaired) electrons. The van der Waals surface area contributed by atoms with Crippen LogP contribution < -0.4 is 4.90 Å². The second-order valence-electron chi connectivity index (χ2n) is 5.33. The first-order valence-corrected chi connectivity index (χ1v) is 7.18. The number of hydrogen-bond donors (Lipinski definition) is 0. The van der Waals surface area contributed by atoms with Crippen molar-refractivity contribution in [2.45, 2.75) is 12.8 Å². The lowest BCUT2D eigenvalue weighted by molar-refractivity contribution is 0.949. The number of pyridine rings is 1. The highest BCUT2D eigenvalue weighted by Crippen LogP contribution is 2.27. The molecule has 0 saturated carbocycles. The Labute approximate surface area is 118 Å². The molecule has 0 unspecified atom stereocenters. The van der Waals surface area contributed by atoms with Crippen LogP contribution in [0, 0.1) is 0 Å². The largest absolute Gasteiger partial charge is 0.372 e. The van der Waals surface area contributed by atoms with Crippen LogP contribution in [0.15, 0.2) is 55.0 Å². The van der Waals surface area contributed by atoms with Gasteiger partial charge in [-0.1, -0.05) is 0 Å². The monoisotopic (exact) mass is 263 g/mol. The summed E-state index contributed by atoms with van der Waals surface area (Å²) in [5.41, 5.74) is 3.69. The van der Waals surface area contributed by atoms with Crippen molar-refractivity contribution in [3.05, 3.63) is 55.0 Å². The minimum Gasteiger partial charge on any atom is -0.372 e. The van der Waals surface area contributed by atoms with Crippen LogP contribution in [0.1, 0.15) is 12.8 Å². The normalized spacial score (nSPS) is 15.1. The number of benzene rings is 1. The van der Waals surface area contributed by atoms with Gasteiger partial charge in [0.15, 0.2) is 0 Å². The van der Waals surface area contributed by atoms with E-state index in [1.807, 2.05) is 12.3 Å². The van der Waals surface area contributed by atoms with Crippen molar-refractivity contribution in [2.75, 3.05) is 18.0 Å². The summed E-state index contributed by atoms with van der Waals surface area (Å²) in [6.45, 7) is 2.38. The highest BCUT2D eigenvalue weighted by atomic mass is 15.1. The number of hydrogen-bond acceptors (Lipinski definition) is 2. The van der Waals surface area contributed by atoms with Gasteiger partial charge in [0, 0.05) is 36.6 Å². The SMILES string of the molecule is c1cncc(-n2ccc3cc(N4CCCC4)ccc32)c1. The zero-order valence-corrected chi connectivity index (χ0v) is 11.4. The van der Waals surface area contributed by atoms with Crippen molar-refractivity contribution in [3.8, 4) is 5.69 Å². The Bertz CT molecular complexity index is 724. The van der Waals surface area contributed by atoms with Crippen molar-refractivity contribution >= 4 is 16.6 Å². The summed E-state index contributed by atoms with van der Waals surface area (Å²) < 4.78 is 2.19. The summed E-state index contributed by atoms with van der Waals surface area (Å²) >= 11 is 0. The average Bonchev–Trinajstić information content (AvgIpc) is 3.17. The molecule has 20 heavy (non-hydrogen) atoms. The van der Waals surface area contributed by atoms with Gasteiger partial charge in [-0.2, -0.15) is 0 Å². The van der Waals surface area contributed by atoms with Crippen LogP contribution >= 0.6 is 0 Å². The van der Waals surface area contributed by atoms with E-state index in [0.717, 1.165) is 5.69 Å². The Morgan fingerprint density at radius 1 is 0.950 bits per heavy atom. The fraction of sp³-hybridized carbons (Fsp3) is 0.235. The first-order chi connectivity index (χ1) is 9.92. The van der Waals surface area contributed by atoms with Gasteiger partial charge in [0.05, 0.1) is 17.4 Å². The third kappa shape index (κ3) is 1.86. The van der Waals surface area contributed by atoms with E-state index in [4.69, 9.17) is 0 Å². The van der Waals surface area contributed by atoms with E-state index in [1.165, 1.54) is 42.5 Å². The van der Waals surface area contributed by atoms with Gasteiger partial charge < -0.3 is 9.47 Å². The molecule has 0 bridgehead atoms. The van der Waals surface area contributed by atoms with Crippen LogP contribution in [0.3, 0.4) is 0 Å². The second-order valence-corrected chi connectivity index (χ2v) is 5.33. The number of aromatic nitrogens is 2. The third-order valence-corrected chi connectivity index (χ3v) is 4.07. The van der Waals surface area contributed by atoms with E-state index in [-0.39, 0.29) is 0 Å². The van der Waals surface area contributed by atoms with E-state index in [9.17, 15) is 0 Å². The molecular weight excluding hydrogens is 246 g/mol. The van der Waals surface area contributed by atoms with E-state index in [2.05, 4.69) is 51.0 Å². The van der Waals surface area contributed by atoms with Crippen LogP contribution in [-0.4, -0.2) is 22.6 Å². The minimum absolute atomic E-state index is 1.11. The van der Waals surface area contributed by atoms with E-state index in [0.29, 0.717) is 0 Å². The lowest BCUT2D eigenvalue weighted by Crippen LogP contribution is -2.17. The van der Waals surface area contributed by atoms with Gasteiger partial charge in [-0.05, 0) is 49.2 Å². The van der Waals surface area contributed by atoms with Crippen LogP contribution in [0.25, 0.3) is 16.6 Å². The maximum Gasteiger partial charge on any atom is 0.0639 e. The molecule has 3 heteroatoms. The molecule has 1 saturated heterocycles. The molecule has 0 N–H and O–H groups in total. The third-order valence-electron chi connectivity index (χ3n) is 4.07. The molecule has 1 aliphatic rings. The smallest absolute Gasteiger partial charge is 0.0639 e. The predicted molar refractivity (Wildman–Crippen MR) is 82.5 cm³/mol. The van der Waals surface area contributed by atoms with Crippen molar-refractivity contribution in [1.29, 1.82) is 0 Å². The molecule has 0 atom stereocenters. The van der Waals surface area contributed by atoms with Crippen molar-refractivity contribution < 1.29 is 0 Å². The summed E-state index contributed by atoms with van der Waals surface area (Å²) in [5.74, 6) is 0. The average molecular weight is 263 g/mol. The number of fused-ring (bicyclic) bond motifs is 1. The van der Waals surface area contributed by atoms with E-state index in [1.54, 1.807) is 6.20 Å². The molecule has 1 aromatic carbocycles. The van der Waals surface area contributed by atoms with Gasteiger partial charge >= 0.3 is 0 Å². The van der Waals surface area contributed by atoms with Crippen molar-refractivity contribution in [3.63, 3.8) is 0 Å². The maximum atomic E-state index is 4.20. The summed E-state index contributed by atoms with van der Waals surface area (Å²) in [4.78, 5) is 6.67. The Kier molecular flexibility index (Phi) is 2.69. The molecule has 0 aliphatic carbocycles. The highest BCUT2D eigenvalue weighted by Gasteiger charge is 2.13. The Balaban J connectivity index is 1.78. The second kappa shape index (κ2) is 4.67. The summed E-state index contributed by atoms with van der Waals surface area (Å²) in [5, 5.41) is 1.29. The van der Waals surface area contributed by atoms with Gasteiger partial charge in [0.1, 0.15) is 0 Å². The van der Waals surface area contributed by atoms with Crippen LogP contribution in [0.2, 0.25) is 0 Å². The highest BCUT2D eigenvalue weighted by molar-refractivity contribution is 5.85. The number of nitrogens with zero attached hydrogens (tertiary/aromatic N) is 3. The molecular formula is C17H17N3. The molecule has 4 rings (SSSR count). The van der Waals surface area contributed by atoms with Gasteiger partial charge in [-0.3, -0.25) is 4.98 Å². The molecule has 2 aromatic heterocycles. The van der Waals surface area contributed by atoms with E-state index < -0.39 is 0 Å². The van der Waals surface area contributed by atoms with Crippen LogP contribution in [-0.2, 0) is 0 Å². The molecule has 3 nitrogen and oxygen atoms in total. The van der Waals surface area contributed by atoms with Crippen molar-refractivity contribution in [1.82, 2.24) is 9.55 Å². The molecule has 3 aromatic rings. The molecule has 0 spiro atoms. The Hall–Kier alpha value is -2.29. The topological polar surface area (TPSA) is 21.1 Å². The quantitative estimate of drug-likeness (QED) is 0.704. The molecule has 1 fully saturated rings. The lowest BCUT2D eigenvalue weighted by Gasteiger charge is -2.17. The molecule has 0 amide bonds. The van der Waals surface area contributed by atoms with Gasteiger partial charge in [0.25, 0.3) is 0 Å². The predicted octanol–water partition coefficient (Wildman–Crippen LogP) is 3.63. The van der Waals surface area contributed by atoms with Gasteiger partial charge in [-0.25, -0.2) is 0 Å². The number of anilines is 1. The zero-order valence-electron chi connectivity index (χ0n) is 11.4. The molecule has 3 heterocycles. The molecule has 1 aliphatic heterocycles. The number of rotatable bonds is 2. The fourth-order valence-electron chi connectivity index (χ4n) is 3.02. The zero-order chi connectivity index (χ0) is 13.4. The van der Waals surface area contributed by atoms with Crippen LogP contribution in [0.5, 0.6) is 0 Å². The molecule has 100 valence electrons. The van der Waals surface area contributed by atoms with Gasteiger partial charge in [0.2, 0.25) is 0 Å². The van der Waals surface area contributed by atoms with Gasteiger partial charge in [-0.15, -0.1) is 0 Å². The summed E-state index contributed by atoms with van der Waals surface area (Å²) in [7, 11) is 0. The minimum atomic E-state index is 1.11. The summed E-state index contributed by atoms with van der Waals surface area (Å²) in [6, 6.07) is 13.0.